The average molecular weight is 483 g/mol. The molecule has 0 aliphatic heterocycles. The number of fused-ring (bicyclic) bond motifs is 1. The molecule has 0 bridgehead atoms. The minimum absolute atomic E-state index is 0.395. The highest BCUT2D eigenvalue weighted by molar-refractivity contribution is 5.99. The molecule has 1 heterocycles. The topological polar surface area (TPSA) is 127 Å². The molecule has 1 aromatic heterocycles. The maximum Gasteiger partial charge on any atom is 0.337 e. The van der Waals surface area contributed by atoms with Crippen molar-refractivity contribution < 1.29 is 19.1 Å². The molecule has 0 aliphatic carbocycles. The molecular formula is C26H22N6O4. The van der Waals surface area contributed by atoms with Gasteiger partial charge >= 0.3 is 11.9 Å². The van der Waals surface area contributed by atoms with Crippen LogP contribution >= 0.6 is 0 Å². The van der Waals surface area contributed by atoms with Crippen molar-refractivity contribution in [2.75, 3.05) is 25.1 Å². The van der Waals surface area contributed by atoms with Gasteiger partial charge in [0.25, 0.3) is 0 Å². The number of rotatable bonds is 8. The molecule has 10 heteroatoms. The number of methoxy groups -OCH3 is 2. The van der Waals surface area contributed by atoms with Gasteiger partial charge in [0.05, 0.1) is 37.8 Å². The fourth-order valence-electron chi connectivity index (χ4n) is 3.25. The molecule has 0 amide bonds. The first kappa shape index (κ1) is 24.0. The molecule has 0 radical (unpaired) electrons. The third-order valence-corrected chi connectivity index (χ3v) is 5.12. The van der Waals surface area contributed by atoms with E-state index < -0.39 is 11.9 Å². The Balaban J connectivity index is 1.45. The number of hydrogen-bond donors (Lipinski definition) is 2. The van der Waals surface area contributed by atoms with E-state index in [1.54, 1.807) is 61.0 Å². The smallest absolute Gasteiger partial charge is 0.337 e. The summed E-state index contributed by atoms with van der Waals surface area (Å²) in [5, 5.41) is 18.5. The van der Waals surface area contributed by atoms with Crippen LogP contribution in [-0.4, -0.2) is 48.8 Å². The van der Waals surface area contributed by atoms with Crippen molar-refractivity contribution in [3.63, 3.8) is 0 Å². The van der Waals surface area contributed by atoms with Crippen LogP contribution in [0.3, 0.4) is 0 Å². The van der Waals surface area contributed by atoms with Gasteiger partial charge in [-0.15, -0.1) is 10.2 Å². The van der Waals surface area contributed by atoms with Gasteiger partial charge < -0.3 is 9.47 Å². The molecule has 180 valence electrons. The van der Waals surface area contributed by atoms with Crippen molar-refractivity contribution in [1.29, 1.82) is 0 Å². The molecule has 4 rings (SSSR count). The molecule has 0 saturated heterocycles. The largest absolute Gasteiger partial charge is 0.465 e. The first-order valence-corrected chi connectivity index (χ1v) is 10.8. The zero-order valence-electron chi connectivity index (χ0n) is 19.5. The minimum Gasteiger partial charge on any atom is -0.465 e. The normalized spacial score (nSPS) is 11.1. The number of benzene rings is 3. The number of hydrogen-bond acceptors (Lipinski definition) is 10. The lowest BCUT2D eigenvalue weighted by molar-refractivity contribution is 0.0592. The van der Waals surface area contributed by atoms with Crippen LogP contribution in [0, 0.1) is 0 Å². The number of anilines is 2. The lowest BCUT2D eigenvalue weighted by Crippen LogP contribution is -2.02. The quantitative estimate of drug-likeness (QED) is 0.218. The van der Waals surface area contributed by atoms with Crippen LogP contribution in [0.1, 0.15) is 31.8 Å². The maximum absolute atomic E-state index is 11.5. The van der Waals surface area contributed by atoms with Crippen molar-refractivity contribution in [1.82, 2.24) is 10.2 Å². The third kappa shape index (κ3) is 5.68. The molecule has 10 nitrogen and oxygen atoms in total. The fourth-order valence-corrected chi connectivity index (χ4v) is 3.25. The molecule has 0 spiro atoms. The Morgan fingerprint density at radius 1 is 0.667 bits per heavy atom. The first-order valence-electron chi connectivity index (χ1n) is 10.8. The van der Waals surface area contributed by atoms with E-state index >= 15 is 0 Å². The first-order chi connectivity index (χ1) is 17.6. The van der Waals surface area contributed by atoms with Crippen LogP contribution in [0.15, 0.2) is 83.0 Å². The summed E-state index contributed by atoms with van der Waals surface area (Å²) in [5.41, 5.74) is 8.33. The molecule has 0 fully saturated rings. The zero-order valence-corrected chi connectivity index (χ0v) is 19.5. The summed E-state index contributed by atoms with van der Waals surface area (Å²) in [5.74, 6) is 0.155. The summed E-state index contributed by atoms with van der Waals surface area (Å²) in [6.07, 6.45) is 3.22. The third-order valence-electron chi connectivity index (χ3n) is 5.12. The number of nitrogens with zero attached hydrogens (tertiary/aromatic N) is 4. The van der Waals surface area contributed by atoms with E-state index in [-0.39, 0.29) is 0 Å². The van der Waals surface area contributed by atoms with Crippen molar-refractivity contribution in [3.8, 4) is 0 Å². The molecule has 0 atom stereocenters. The number of aromatic nitrogens is 2. The van der Waals surface area contributed by atoms with Gasteiger partial charge in [-0.3, -0.25) is 10.9 Å². The van der Waals surface area contributed by atoms with Crippen LogP contribution in [-0.2, 0) is 9.47 Å². The van der Waals surface area contributed by atoms with Gasteiger partial charge in [0.2, 0.25) is 0 Å². The average Bonchev–Trinajstić information content (AvgIpc) is 2.93. The number of carbonyl (C=O) groups excluding carboxylic acids is 2. The standard InChI is InChI=1S/C26H22N6O4/c1-35-25(33)19-11-7-17(8-12-19)15-27-29-23-21-5-3-4-6-22(21)24(32-31-23)30-28-16-18-9-13-20(14-10-18)26(34)36-2/h3-16H,1-2H3,(H,29,31)(H,30,32). The van der Waals surface area contributed by atoms with Crippen molar-refractivity contribution in [2.24, 2.45) is 10.2 Å². The lowest BCUT2D eigenvalue weighted by atomic mass is 10.1. The Labute approximate surface area is 206 Å². The summed E-state index contributed by atoms with van der Waals surface area (Å²) in [7, 11) is 2.68. The fraction of sp³-hybridized carbons (Fsp3) is 0.0769. The summed E-state index contributed by atoms with van der Waals surface area (Å²) in [6.45, 7) is 0. The van der Waals surface area contributed by atoms with Gasteiger partial charge in [0.15, 0.2) is 11.6 Å². The Morgan fingerprint density at radius 2 is 1.06 bits per heavy atom. The van der Waals surface area contributed by atoms with E-state index in [4.69, 9.17) is 9.47 Å². The van der Waals surface area contributed by atoms with Crippen LogP contribution in [0.5, 0.6) is 0 Å². The number of hydrazone groups is 2. The van der Waals surface area contributed by atoms with E-state index in [1.165, 1.54) is 14.2 Å². The number of ether oxygens (including phenoxy) is 2. The summed E-state index contributed by atoms with van der Waals surface area (Å²) in [4.78, 5) is 23.1. The molecule has 0 aliphatic rings. The summed E-state index contributed by atoms with van der Waals surface area (Å²) in [6, 6.07) is 21.3. The van der Waals surface area contributed by atoms with Crippen molar-refractivity contribution in [2.45, 2.75) is 0 Å². The highest BCUT2D eigenvalue weighted by atomic mass is 16.5. The maximum atomic E-state index is 11.5. The number of esters is 2. The Kier molecular flexibility index (Phi) is 7.57. The van der Waals surface area contributed by atoms with E-state index in [9.17, 15) is 9.59 Å². The van der Waals surface area contributed by atoms with Crippen LogP contribution in [0.4, 0.5) is 11.6 Å². The molecular weight excluding hydrogens is 460 g/mol. The van der Waals surface area contributed by atoms with E-state index in [2.05, 4.69) is 31.3 Å². The van der Waals surface area contributed by atoms with Gasteiger partial charge in [0.1, 0.15) is 0 Å². The molecule has 4 aromatic rings. The van der Waals surface area contributed by atoms with Gasteiger partial charge in [0, 0.05) is 10.8 Å². The van der Waals surface area contributed by atoms with Crippen LogP contribution in [0.25, 0.3) is 10.8 Å². The Bertz CT molecular complexity index is 1320. The highest BCUT2D eigenvalue weighted by Gasteiger charge is 2.08. The van der Waals surface area contributed by atoms with Gasteiger partial charge in [-0.05, 0) is 35.4 Å². The molecule has 2 N–H and O–H groups in total. The zero-order chi connectivity index (χ0) is 25.3. The van der Waals surface area contributed by atoms with Gasteiger partial charge in [-0.25, -0.2) is 9.59 Å². The summed E-state index contributed by atoms with van der Waals surface area (Å²) < 4.78 is 9.40. The van der Waals surface area contributed by atoms with E-state index in [1.807, 2.05) is 24.3 Å². The Hall–Kier alpha value is -5.12. The number of carbonyl (C=O) groups is 2. The molecule has 36 heavy (non-hydrogen) atoms. The van der Waals surface area contributed by atoms with Crippen molar-refractivity contribution >= 4 is 46.8 Å². The molecule has 0 saturated carbocycles. The SMILES string of the molecule is COC(=O)c1ccc(C=NNc2nnc(NN=Cc3ccc(C(=O)OC)cc3)c3ccccc23)cc1. The second-order valence-electron chi connectivity index (χ2n) is 7.41. The van der Waals surface area contributed by atoms with Gasteiger partial charge in [-0.1, -0.05) is 48.5 Å². The predicted octanol–water partition coefficient (Wildman–Crippen LogP) is 4.10. The van der Waals surface area contributed by atoms with E-state index in [0.717, 1.165) is 21.9 Å². The van der Waals surface area contributed by atoms with Crippen molar-refractivity contribution in [3.05, 3.63) is 95.1 Å². The van der Waals surface area contributed by atoms with Crippen LogP contribution in [0.2, 0.25) is 0 Å². The van der Waals surface area contributed by atoms with Gasteiger partial charge in [-0.2, -0.15) is 10.2 Å². The monoisotopic (exact) mass is 482 g/mol. The predicted molar refractivity (Wildman–Crippen MR) is 138 cm³/mol. The summed E-state index contributed by atoms with van der Waals surface area (Å²) >= 11 is 0. The van der Waals surface area contributed by atoms with Crippen LogP contribution < -0.4 is 10.9 Å². The number of nitrogens with one attached hydrogen (secondary N) is 2. The van der Waals surface area contributed by atoms with E-state index in [0.29, 0.717) is 22.8 Å². The Morgan fingerprint density at radius 3 is 1.42 bits per heavy atom. The molecule has 3 aromatic carbocycles. The molecule has 0 unspecified atom stereocenters. The highest BCUT2D eigenvalue weighted by Crippen LogP contribution is 2.25. The lowest BCUT2D eigenvalue weighted by Gasteiger charge is -2.08. The second-order valence-corrected chi connectivity index (χ2v) is 7.41. The minimum atomic E-state index is -0.395. The second kappa shape index (κ2) is 11.3.